The van der Waals surface area contributed by atoms with Gasteiger partial charge in [-0.2, -0.15) is 4.39 Å². The first-order chi connectivity index (χ1) is 6.00. The van der Waals surface area contributed by atoms with Crippen LogP contribution < -0.4 is 5.32 Å². The largest absolute Gasteiger partial charge is 0.503 e. The molecule has 0 aliphatic rings. The van der Waals surface area contributed by atoms with E-state index in [-0.39, 0.29) is 0 Å². The van der Waals surface area contributed by atoms with E-state index in [9.17, 15) is 17.6 Å². The summed E-state index contributed by atoms with van der Waals surface area (Å²) in [6.07, 6.45) is 0. The average Bonchev–Trinajstić information content (AvgIpc) is 2.13. The summed E-state index contributed by atoms with van der Waals surface area (Å²) < 4.78 is 50.4. The van der Waals surface area contributed by atoms with Crippen molar-refractivity contribution in [2.24, 2.45) is 0 Å². The molecule has 1 aromatic rings. The molecule has 0 bridgehead atoms. The normalized spacial score (nSPS) is 10.2. The summed E-state index contributed by atoms with van der Waals surface area (Å²) in [5.41, 5.74) is -0.906. The highest BCUT2D eigenvalue weighted by molar-refractivity contribution is 5.51. The van der Waals surface area contributed by atoms with E-state index >= 15 is 0 Å². The maximum absolute atomic E-state index is 12.7. The van der Waals surface area contributed by atoms with Crippen LogP contribution in [0.15, 0.2) is 0 Å². The van der Waals surface area contributed by atoms with Gasteiger partial charge in [0.15, 0.2) is 17.4 Å². The van der Waals surface area contributed by atoms with Gasteiger partial charge in [-0.1, -0.05) is 0 Å². The molecule has 2 N–H and O–H groups in total. The van der Waals surface area contributed by atoms with Crippen LogP contribution in [0, 0.1) is 23.3 Å². The lowest BCUT2D eigenvalue weighted by atomic mass is 10.2. The van der Waals surface area contributed by atoms with Crippen molar-refractivity contribution in [1.29, 1.82) is 0 Å². The fourth-order valence-corrected chi connectivity index (χ4v) is 0.841. The second-order valence-corrected chi connectivity index (χ2v) is 2.23. The number of nitrogens with one attached hydrogen (secondary N) is 1. The summed E-state index contributed by atoms with van der Waals surface area (Å²) >= 11 is 0. The van der Waals surface area contributed by atoms with Crippen molar-refractivity contribution in [2.45, 2.75) is 0 Å². The molecular formula is C7H5F4NO. The van der Waals surface area contributed by atoms with E-state index < -0.39 is 34.7 Å². The molecule has 0 radical (unpaired) electrons. The molecule has 0 heterocycles. The van der Waals surface area contributed by atoms with Gasteiger partial charge < -0.3 is 10.4 Å². The molecule has 0 saturated heterocycles. The monoisotopic (exact) mass is 195 g/mol. The van der Waals surface area contributed by atoms with Crippen molar-refractivity contribution in [1.82, 2.24) is 0 Å². The molecule has 0 atom stereocenters. The molecule has 0 fully saturated rings. The van der Waals surface area contributed by atoms with Crippen LogP contribution in [0.2, 0.25) is 0 Å². The van der Waals surface area contributed by atoms with Gasteiger partial charge >= 0.3 is 0 Å². The zero-order valence-electron chi connectivity index (χ0n) is 6.46. The summed E-state index contributed by atoms with van der Waals surface area (Å²) in [7, 11) is 1.11. The van der Waals surface area contributed by atoms with Gasteiger partial charge in [-0.05, 0) is 0 Å². The van der Waals surface area contributed by atoms with Gasteiger partial charge in [0, 0.05) is 7.05 Å². The van der Waals surface area contributed by atoms with Gasteiger partial charge in [-0.3, -0.25) is 0 Å². The zero-order valence-corrected chi connectivity index (χ0v) is 6.46. The first kappa shape index (κ1) is 9.63. The van der Waals surface area contributed by atoms with E-state index in [1.165, 1.54) is 0 Å². The summed E-state index contributed by atoms with van der Waals surface area (Å²) in [4.78, 5) is 0. The Balaban J connectivity index is 3.56. The van der Waals surface area contributed by atoms with Crippen LogP contribution in [0.4, 0.5) is 23.2 Å². The van der Waals surface area contributed by atoms with Crippen molar-refractivity contribution < 1.29 is 22.7 Å². The quantitative estimate of drug-likeness (QED) is 0.408. The third-order valence-electron chi connectivity index (χ3n) is 1.49. The van der Waals surface area contributed by atoms with E-state index in [4.69, 9.17) is 5.11 Å². The van der Waals surface area contributed by atoms with E-state index in [1.54, 1.807) is 0 Å². The average molecular weight is 195 g/mol. The van der Waals surface area contributed by atoms with Gasteiger partial charge in [-0.15, -0.1) is 0 Å². The number of aromatic hydroxyl groups is 1. The third kappa shape index (κ3) is 1.28. The smallest absolute Gasteiger partial charge is 0.206 e. The number of hydrogen-bond donors (Lipinski definition) is 2. The SMILES string of the molecule is CNc1c(F)c(O)c(F)c(F)c1F. The zero-order chi connectivity index (χ0) is 10.2. The fraction of sp³-hybridized carbons (Fsp3) is 0.143. The van der Waals surface area contributed by atoms with E-state index in [1.807, 2.05) is 5.32 Å². The minimum absolute atomic E-state index is 0.906. The van der Waals surface area contributed by atoms with Gasteiger partial charge in [0.25, 0.3) is 0 Å². The lowest BCUT2D eigenvalue weighted by Gasteiger charge is -2.07. The summed E-state index contributed by atoms with van der Waals surface area (Å²) in [5.74, 6) is -8.64. The predicted octanol–water partition coefficient (Wildman–Crippen LogP) is 1.99. The summed E-state index contributed by atoms with van der Waals surface area (Å²) in [5, 5.41) is 10.6. The summed E-state index contributed by atoms with van der Waals surface area (Å²) in [6, 6.07) is 0. The van der Waals surface area contributed by atoms with Crippen LogP contribution >= 0.6 is 0 Å². The number of hydrogen-bond acceptors (Lipinski definition) is 2. The second-order valence-electron chi connectivity index (χ2n) is 2.23. The Kier molecular flexibility index (Phi) is 2.31. The standard InChI is InChI=1S/C7H5F4NO/c1-12-6-3(9)2(8)4(10)7(13)5(6)11/h12-13H,1H3. The topological polar surface area (TPSA) is 32.3 Å². The maximum atomic E-state index is 12.7. The minimum Gasteiger partial charge on any atom is -0.503 e. The lowest BCUT2D eigenvalue weighted by molar-refractivity contribution is 0.361. The molecule has 0 spiro atoms. The first-order valence-corrected chi connectivity index (χ1v) is 3.23. The fourth-order valence-electron chi connectivity index (χ4n) is 0.841. The van der Waals surface area contributed by atoms with Crippen molar-refractivity contribution in [3.8, 4) is 5.75 Å². The number of phenols is 1. The number of anilines is 1. The van der Waals surface area contributed by atoms with Crippen molar-refractivity contribution in [2.75, 3.05) is 12.4 Å². The molecule has 2 nitrogen and oxygen atoms in total. The number of phenolic OH excluding ortho intramolecular Hbond substituents is 1. The number of halogens is 4. The highest BCUT2D eigenvalue weighted by Gasteiger charge is 2.24. The van der Waals surface area contributed by atoms with Crippen LogP contribution in [0.5, 0.6) is 5.75 Å². The Bertz CT molecular complexity index is 324. The van der Waals surface area contributed by atoms with E-state index in [0.29, 0.717) is 0 Å². The highest BCUT2D eigenvalue weighted by Crippen LogP contribution is 2.31. The molecule has 1 rings (SSSR count). The van der Waals surface area contributed by atoms with E-state index in [0.717, 1.165) is 7.05 Å². The molecule has 1 aromatic carbocycles. The molecule has 72 valence electrons. The van der Waals surface area contributed by atoms with Crippen molar-refractivity contribution >= 4 is 5.69 Å². The Labute approximate surface area is 70.8 Å². The van der Waals surface area contributed by atoms with Gasteiger partial charge in [0.1, 0.15) is 5.69 Å². The van der Waals surface area contributed by atoms with Crippen LogP contribution in [-0.2, 0) is 0 Å². The molecule has 0 unspecified atom stereocenters. The number of rotatable bonds is 1. The van der Waals surface area contributed by atoms with Crippen LogP contribution in [0.25, 0.3) is 0 Å². The van der Waals surface area contributed by atoms with Gasteiger partial charge in [0.05, 0.1) is 0 Å². The molecule has 6 heteroatoms. The molecule has 0 amide bonds. The van der Waals surface area contributed by atoms with Gasteiger partial charge in [-0.25, -0.2) is 13.2 Å². The van der Waals surface area contributed by atoms with Crippen molar-refractivity contribution in [3.05, 3.63) is 23.3 Å². The Morgan fingerprint density at radius 2 is 1.46 bits per heavy atom. The molecule has 0 aliphatic heterocycles. The molecule has 0 aromatic heterocycles. The van der Waals surface area contributed by atoms with Gasteiger partial charge in [0.2, 0.25) is 11.6 Å². The molecular weight excluding hydrogens is 190 g/mol. The van der Waals surface area contributed by atoms with E-state index in [2.05, 4.69) is 0 Å². The minimum atomic E-state index is -1.94. The molecule has 0 saturated carbocycles. The molecule has 13 heavy (non-hydrogen) atoms. The van der Waals surface area contributed by atoms with Crippen LogP contribution in [0.3, 0.4) is 0 Å². The van der Waals surface area contributed by atoms with Crippen LogP contribution in [-0.4, -0.2) is 12.2 Å². The van der Waals surface area contributed by atoms with Crippen molar-refractivity contribution in [3.63, 3.8) is 0 Å². The lowest BCUT2D eigenvalue weighted by Crippen LogP contribution is -2.03. The highest BCUT2D eigenvalue weighted by atomic mass is 19.2. The number of benzene rings is 1. The first-order valence-electron chi connectivity index (χ1n) is 3.23. The molecule has 0 aliphatic carbocycles. The third-order valence-corrected chi connectivity index (χ3v) is 1.49. The summed E-state index contributed by atoms with van der Waals surface area (Å²) in [6.45, 7) is 0. The van der Waals surface area contributed by atoms with Crippen LogP contribution in [0.1, 0.15) is 0 Å². The second kappa shape index (κ2) is 3.12. The predicted molar refractivity (Wildman–Crippen MR) is 37.5 cm³/mol. The Hall–Kier alpha value is -1.46. The maximum Gasteiger partial charge on any atom is 0.206 e. The Morgan fingerprint density at radius 3 is 1.92 bits per heavy atom. The Morgan fingerprint density at radius 1 is 0.923 bits per heavy atom.